The van der Waals surface area contributed by atoms with E-state index >= 15 is 0 Å². The summed E-state index contributed by atoms with van der Waals surface area (Å²) in [6, 6.07) is 10.6. The van der Waals surface area contributed by atoms with Gasteiger partial charge in [-0.05, 0) is 29.8 Å². The number of ether oxygens (including phenoxy) is 3. The SMILES string of the molecule is C=CCNC(=O)C1OCOC1C(=O)NC(Cc1ccc(OCc2c(Cl)cccc2Cl)cc1)C(=O)O. The lowest BCUT2D eigenvalue weighted by Gasteiger charge is -2.20. The van der Waals surface area contributed by atoms with E-state index in [4.69, 9.17) is 37.4 Å². The molecular weight excluding hydrogens is 499 g/mol. The Morgan fingerprint density at radius 1 is 1.09 bits per heavy atom. The van der Waals surface area contributed by atoms with E-state index in [0.29, 0.717) is 26.9 Å². The molecule has 1 aliphatic heterocycles. The molecule has 11 heteroatoms. The summed E-state index contributed by atoms with van der Waals surface area (Å²) in [6.07, 6.45) is -0.981. The molecule has 3 atom stereocenters. The average molecular weight is 523 g/mol. The third-order valence-corrected chi connectivity index (χ3v) is 5.84. The number of carboxylic acids is 1. The number of rotatable bonds is 11. The molecule has 186 valence electrons. The van der Waals surface area contributed by atoms with E-state index < -0.39 is 36.0 Å². The third kappa shape index (κ3) is 7.19. The van der Waals surface area contributed by atoms with Crippen molar-refractivity contribution >= 4 is 41.0 Å². The summed E-state index contributed by atoms with van der Waals surface area (Å²) < 4.78 is 16.1. The van der Waals surface area contributed by atoms with Crippen LogP contribution in [0.1, 0.15) is 11.1 Å². The fourth-order valence-electron chi connectivity index (χ4n) is 3.30. The molecule has 3 unspecified atom stereocenters. The number of aliphatic carboxylic acids is 1. The molecule has 0 aromatic heterocycles. The molecule has 1 fully saturated rings. The minimum Gasteiger partial charge on any atom is -0.489 e. The van der Waals surface area contributed by atoms with Gasteiger partial charge in [-0.1, -0.05) is 47.5 Å². The van der Waals surface area contributed by atoms with Gasteiger partial charge in [-0.15, -0.1) is 6.58 Å². The first-order chi connectivity index (χ1) is 16.8. The summed E-state index contributed by atoms with van der Waals surface area (Å²) in [5, 5.41) is 15.5. The van der Waals surface area contributed by atoms with Crippen molar-refractivity contribution in [2.24, 2.45) is 0 Å². The third-order valence-electron chi connectivity index (χ3n) is 5.13. The van der Waals surface area contributed by atoms with Crippen LogP contribution in [0, 0.1) is 0 Å². The molecule has 0 bridgehead atoms. The van der Waals surface area contributed by atoms with Crippen LogP contribution in [0.15, 0.2) is 55.1 Å². The lowest BCUT2D eigenvalue weighted by molar-refractivity contribution is -0.144. The van der Waals surface area contributed by atoms with Crippen molar-refractivity contribution in [2.45, 2.75) is 31.3 Å². The molecule has 3 rings (SSSR count). The second kappa shape index (κ2) is 12.6. The lowest BCUT2D eigenvalue weighted by Crippen LogP contribution is -2.52. The molecule has 0 spiro atoms. The number of benzene rings is 2. The van der Waals surface area contributed by atoms with Crippen molar-refractivity contribution < 1.29 is 33.7 Å². The van der Waals surface area contributed by atoms with Crippen LogP contribution in [0.25, 0.3) is 0 Å². The molecule has 2 aromatic rings. The number of carbonyl (C=O) groups is 3. The summed E-state index contributed by atoms with van der Waals surface area (Å²) in [7, 11) is 0. The maximum Gasteiger partial charge on any atom is 0.326 e. The van der Waals surface area contributed by atoms with E-state index in [2.05, 4.69) is 17.2 Å². The van der Waals surface area contributed by atoms with Gasteiger partial charge in [-0.2, -0.15) is 0 Å². The predicted octanol–water partition coefficient (Wildman–Crippen LogP) is 2.73. The van der Waals surface area contributed by atoms with Gasteiger partial charge in [-0.3, -0.25) is 9.59 Å². The topological polar surface area (TPSA) is 123 Å². The Morgan fingerprint density at radius 2 is 1.71 bits per heavy atom. The molecule has 35 heavy (non-hydrogen) atoms. The zero-order valence-corrected chi connectivity index (χ0v) is 20.1. The molecule has 1 saturated heterocycles. The fourth-order valence-corrected chi connectivity index (χ4v) is 3.80. The van der Waals surface area contributed by atoms with E-state index in [-0.39, 0.29) is 26.4 Å². The molecule has 3 N–H and O–H groups in total. The van der Waals surface area contributed by atoms with E-state index in [1.54, 1.807) is 42.5 Å². The highest BCUT2D eigenvalue weighted by atomic mass is 35.5. The number of carboxylic acid groups (broad SMARTS) is 1. The fraction of sp³-hybridized carbons (Fsp3) is 0.292. The maximum atomic E-state index is 12.6. The first-order valence-corrected chi connectivity index (χ1v) is 11.4. The van der Waals surface area contributed by atoms with Crippen LogP contribution in [0.4, 0.5) is 0 Å². The highest BCUT2D eigenvalue weighted by molar-refractivity contribution is 6.35. The first kappa shape index (κ1) is 26.5. The van der Waals surface area contributed by atoms with Gasteiger partial charge in [0, 0.05) is 28.6 Å². The molecule has 0 radical (unpaired) electrons. The molecule has 2 aromatic carbocycles. The zero-order chi connectivity index (χ0) is 25.4. The van der Waals surface area contributed by atoms with E-state index in [1.807, 2.05) is 0 Å². The summed E-state index contributed by atoms with van der Waals surface area (Å²) in [6.45, 7) is 3.59. The van der Waals surface area contributed by atoms with Crippen LogP contribution in [0.5, 0.6) is 5.75 Å². The molecule has 0 saturated carbocycles. The van der Waals surface area contributed by atoms with Gasteiger partial charge < -0.3 is 30.0 Å². The number of hydrogen-bond donors (Lipinski definition) is 3. The second-order valence-electron chi connectivity index (χ2n) is 7.56. The Hall–Kier alpha value is -3.11. The van der Waals surface area contributed by atoms with Crippen molar-refractivity contribution in [3.8, 4) is 5.75 Å². The van der Waals surface area contributed by atoms with Gasteiger partial charge in [0.25, 0.3) is 11.8 Å². The highest BCUT2D eigenvalue weighted by Gasteiger charge is 2.41. The number of hydrogen-bond acceptors (Lipinski definition) is 6. The first-order valence-electron chi connectivity index (χ1n) is 10.6. The van der Waals surface area contributed by atoms with Crippen molar-refractivity contribution in [1.29, 1.82) is 0 Å². The van der Waals surface area contributed by atoms with E-state index in [9.17, 15) is 19.5 Å². The molecule has 9 nitrogen and oxygen atoms in total. The summed E-state index contributed by atoms with van der Waals surface area (Å²) in [5.74, 6) is -2.02. The Bertz CT molecular complexity index is 1060. The Balaban J connectivity index is 1.59. The van der Waals surface area contributed by atoms with Crippen LogP contribution in [-0.2, 0) is 36.9 Å². The number of amides is 2. The quantitative estimate of drug-likeness (QED) is 0.387. The van der Waals surface area contributed by atoms with Crippen LogP contribution >= 0.6 is 23.2 Å². The van der Waals surface area contributed by atoms with Gasteiger partial charge in [0.2, 0.25) is 0 Å². The minimum atomic E-state index is -1.27. The molecular formula is C24H24Cl2N2O7. The van der Waals surface area contributed by atoms with Gasteiger partial charge >= 0.3 is 5.97 Å². The number of nitrogens with one attached hydrogen (secondary N) is 2. The van der Waals surface area contributed by atoms with Gasteiger partial charge in [0.1, 0.15) is 25.2 Å². The van der Waals surface area contributed by atoms with Crippen molar-refractivity contribution in [1.82, 2.24) is 10.6 Å². The van der Waals surface area contributed by atoms with Gasteiger partial charge in [-0.25, -0.2) is 4.79 Å². The monoisotopic (exact) mass is 522 g/mol. The maximum absolute atomic E-state index is 12.6. The summed E-state index contributed by atoms with van der Waals surface area (Å²) in [4.78, 5) is 36.6. The summed E-state index contributed by atoms with van der Waals surface area (Å²) >= 11 is 12.3. The standard InChI is InChI=1S/C24H24Cl2N2O7/c1-2-10-27-22(29)20-21(35-13-34-20)23(30)28-19(24(31)32)11-14-6-8-15(9-7-14)33-12-16-17(25)4-3-5-18(16)26/h2-9,19-21H,1,10-13H2,(H,27,29)(H,28,30)(H,31,32). The van der Waals surface area contributed by atoms with Crippen molar-refractivity contribution in [3.05, 3.63) is 76.3 Å². The van der Waals surface area contributed by atoms with Gasteiger partial charge in [0.15, 0.2) is 12.2 Å². The Kier molecular flexibility index (Phi) is 9.50. The lowest BCUT2D eigenvalue weighted by atomic mass is 10.0. The van der Waals surface area contributed by atoms with Crippen molar-refractivity contribution in [2.75, 3.05) is 13.3 Å². The van der Waals surface area contributed by atoms with Crippen LogP contribution < -0.4 is 15.4 Å². The molecule has 2 amide bonds. The predicted molar refractivity (Wildman–Crippen MR) is 128 cm³/mol. The minimum absolute atomic E-state index is 0.00139. The van der Waals surface area contributed by atoms with E-state index in [0.717, 1.165) is 0 Å². The number of carbonyl (C=O) groups excluding carboxylic acids is 2. The van der Waals surface area contributed by atoms with Gasteiger partial charge in [0.05, 0.1) is 0 Å². The Labute approximate surface area is 211 Å². The van der Waals surface area contributed by atoms with Crippen LogP contribution in [0.3, 0.4) is 0 Å². The van der Waals surface area contributed by atoms with E-state index in [1.165, 1.54) is 6.08 Å². The summed E-state index contributed by atoms with van der Waals surface area (Å²) in [5.41, 5.74) is 1.30. The Morgan fingerprint density at radius 3 is 2.31 bits per heavy atom. The van der Waals surface area contributed by atoms with Crippen molar-refractivity contribution in [3.63, 3.8) is 0 Å². The largest absolute Gasteiger partial charge is 0.489 e. The highest BCUT2D eigenvalue weighted by Crippen LogP contribution is 2.26. The van der Waals surface area contributed by atoms with Crippen LogP contribution in [0.2, 0.25) is 10.0 Å². The molecule has 1 aliphatic rings. The smallest absolute Gasteiger partial charge is 0.326 e. The second-order valence-corrected chi connectivity index (χ2v) is 8.38. The molecule has 1 heterocycles. The zero-order valence-electron chi connectivity index (χ0n) is 18.5. The normalized spacial score (nSPS) is 17.9. The number of halogens is 2. The molecule has 0 aliphatic carbocycles. The van der Waals surface area contributed by atoms with Crippen LogP contribution in [-0.4, -0.2) is 54.5 Å². The average Bonchev–Trinajstić information content (AvgIpc) is 3.33.